The number of hydrogen-bond donors (Lipinski definition) is 4. The van der Waals surface area contributed by atoms with Crippen LogP contribution >= 0.6 is 11.6 Å². The molecule has 2 aliphatic heterocycles. The van der Waals surface area contributed by atoms with E-state index in [9.17, 15) is 24.0 Å². The third-order valence-electron chi connectivity index (χ3n) is 8.55. The number of rotatable bonds is 7. The third-order valence-corrected chi connectivity index (χ3v) is 8.80. The number of benzene rings is 2. The van der Waals surface area contributed by atoms with Crippen LogP contribution in [0, 0.1) is 5.92 Å². The number of nitrogens with one attached hydrogen (secondary N) is 4. The van der Waals surface area contributed by atoms with E-state index in [1.807, 2.05) is 36.9 Å². The summed E-state index contributed by atoms with van der Waals surface area (Å²) in [6, 6.07) is 11.7. The van der Waals surface area contributed by atoms with Gasteiger partial charge in [0.05, 0.1) is 6.54 Å². The van der Waals surface area contributed by atoms with E-state index in [0.717, 1.165) is 0 Å². The van der Waals surface area contributed by atoms with Crippen LogP contribution in [0.2, 0.25) is 5.02 Å². The number of para-hydroxylation sites is 2. The molecule has 0 spiro atoms. The first kappa shape index (κ1) is 35.4. The molecule has 1 fully saturated rings. The molecule has 2 aliphatic rings. The number of carbonyl (C=O) groups is 5. The largest absolute Gasteiger partial charge is 0.424 e. The maximum Gasteiger partial charge on any atom is 0.296 e. The average molecular weight is 692 g/mol. The number of halogens is 1. The fraction of sp³-hybridized carbons (Fsp3) is 0.429. The third kappa shape index (κ3) is 9.17. The summed E-state index contributed by atoms with van der Waals surface area (Å²) in [7, 11) is 0. The minimum absolute atomic E-state index is 0.0161. The van der Waals surface area contributed by atoms with Gasteiger partial charge >= 0.3 is 0 Å². The Hall–Kier alpha value is -4.91. The lowest BCUT2D eigenvalue weighted by molar-refractivity contribution is -0.139. The van der Waals surface area contributed by atoms with Crippen LogP contribution in [0.1, 0.15) is 39.5 Å². The van der Waals surface area contributed by atoms with E-state index in [1.54, 1.807) is 41.3 Å². The molecule has 14 heteroatoms. The van der Waals surface area contributed by atoms with Crippen molar-refractivity contribution >= 4 is 63.8 Å². The van der Waals surface area contributed by atoms with Gasteiger partial charge in [0, 0.05) is 43.3 Å². The number of nitrogens with zero attached hydrogens (tertiary/aromatic N) is 3. The molecule has 13 nitrogen and oxygen atoms in total. The Balaban J connectivity index is 1.37. The van der Waals surface area contributed by atoms with E-state index in [2.05, 4.69) is 26.3 Å². The SMILES string of the molecule is CC(C)C(Nc1nc2ccccc2o1)C(=O)N1CCN(c2ccc(Cl)cc2)[C@@H](C(=O)NC2/C=C/CCCCC(=O)NCCNC(=O)C2=O)C1. The van der Waals surface area contributed by atoms with Crippen LogP contribution in [0.5, 0.6) is 0 Å². The molecular weight excluding hydrogens is 650 g/mol. The molecule has 2 unspecified atom stereocenters. The number of ketones is 1. The Kier molecular flexibility index (Phi) is 11.9. The second kappa shape index (κ2) is 16.5. The first-order chi connectivity index (χ1) is 23.6. The van der Waals surface area contributed by atoms with Gasteiger partial charge in [-0.3, -0.25) is 24.0 Å². The van der Waals surface area contributed by atoms with E-state index in [-0.39, 0.29) is 43.4 Å². The monoisotopic (exact) mass is 691 g/mol. The molecule has 49 heavy (non-hydrogen) atoms. The van der Waals surface area contributed by atoms with Crippen molar-refractivity contribution in [2.75, 3.05) is 42.9 Å². The number of carbonyl (C=O) groups excluding carboxylic acids is 5. The van der Waals surface area contributed by atoms with Crippen LogP contribution in [-0.2, 0) is 24.0 Å². The second-order valence-corrected chi connectivity index (χ2v) is 12.9. The summed E-state index contributed by atoms with van der Waals surface area (Å²) in [6.07, 6.45) is 5.53. The van der Waals surface area contributed by atoms with Crippen molar-refractivity contribution in [3.8, 4) is 0 Å². The van der Waals surface area contributed by atoms with Crippen molar-refractivity contribution in [1.82, 2.24) is 25.8 Å². The minimum Gasteiger partial charge on any atom is -0.424 e. The first-order valence-corrected chi connectivity index (χ1v) is 17.0. The maximum absolute atomic E-state index is 14.1. The number of Topliss-reactive ketones (excluding diaryl/α,β-unsaturated/α-hetero) is 1. The van der Waals surface area contributed by atoms with Gasteiger partial charge < -0.3 is 35.5 Å². The zero-order chi connectivity index (χ0) is 34.9. The topological polar surface area (TPSA) is 166 Å². The van der Waals surface area contributed by atoms with Crippen LogP contribution < -0.4 is 26.2 Å². The summed E-state index contributed by atoms with van der Waals surface area (Å²) in [6.45, 7) is 4.74. The minimum atomic E-state index is -1.23. The molecule has 0 saturated carbocycles. The molecular formula is C35H42ClN7O6. The van der Waals surface area contributed by atoms with Crippen LogP contribution in [0.15, 0.2) is 65.1 Å². The molecule has 4 N–H and O–H groups in total. The predicted molar refractivity (Wildman–Crippen MR) is 186 cm³/mol. The fourth-order valence-corrected chi connectivity index (χ4v) is 5.98. The van der Waals surface area contributed by atoms with E-state index in [1.165, 1.54) is 6.08 Å². The number of hydrogen-bond acceptors (Lipinski definition) is 9. The van der Waals surface area contributed by atoms with Crippen molar-refractivity contribution in [2.24, 2.45) is 5.92 Å². The summed E-state index contributed by atoms with van der Waals surface area (Å²) in [4.78, 5) is 74.1. The van der Waals surface area contributed by atoms with Crippen molar-refractivity contribution in [3.05, 3.63) is 65.7 Å². The Morgan fingerprint density at radius 3 is 2.51 bits per heavy atom. The van der Waals surface area contributed by atoms with Gasteiger partial charge in [0.15, 0.2) is 5.58 Å². The molecule has 5 rings (SSSR count). The molecule has 0 bridgehead atoms. The maximum atomic E-state index is 14.1. The molecule has 3 atom stereocenters. The molecule has 4 amide bonds. The Morgan fingerprint density at radius 2 is 1.76 bits per heavy atom. The number of anilines is 2. The smallest absolute Gasteiger partial charge is 0.296 e. The van der Waals surface area contributed by atoms with Gasteiger partial charge in [-0.25, -0.2) is 0 Å². The Labute approximate surface area is 289 Å². The van der Waals surface area contributed by atoms with Gasteiger partial charge in [0.2, 0.25) is 23.5 Å². The molecule has 3 heterocycles. The number of aromatic nitrogens is 1. The van der Waals surface area contributed by atoms with Gasteiger partial charge in [0.1, 0.15) is 23.6 Å². The highest BCUT2D eigenvalue weighted by Gasteiger charge is 2.39. The zero-order valence-electron chi connectivity index (χ0n) is 27.6. The summed E-state index contributed by atoms with van der Waals surface area (Å²) < 4.78 is 5.84. The number of oxazole rings is 1. The summed E-state index contributed by atoms with van der Waals surface area (Å²) in [5, 5.41) is 11.7. The van der Waals surface area contributed by atoms with Crippen molar-refractivity contribution in [3.63, 3.8) is 0 Å². The molecule has 1 aromatic heterocycles. The van der Waals surface area contributed by atoms with E-state index < -0.39 is 35.7 Å². The molecule has 260 valence electrons. The van der Waals surface area contributed by atoms with Crippen LogP contribution in [0.4, 0.5) is 11.7 Å². The lowest BCUT2D eigenvalue weighted by atomic mass is 10.0. The Morgan fingerprint density at radius 1 is 1.00 bits per heavy atom. The number of amides is 4. The van der Waals surface area contributed by atoms with Crippen molar-refractivity contribution in [1.29, 1.82) is 0 Å². The van der Waals surface area contributed by atoms with E-state index >= 15 is 0 Å². The predicted octanol–water partition coefficient (Wildman–Crippen LogP) is 3.05. The van der Waals surface area contributed by atoms with Gasteiger partial charge in [0.25, 0.3) is 11.9 Å². The average Bonchev–Trinajstić information content (AvgIpc) is 3.51. The molecule has 3 aromatic rings. The number of allylic oxidation sites excluding steroid dienone is 1. The quantitative estimate of drug-likeness (QED) is 0.215. The number of fused-ring (bicyclic) bond motifs is 1. The highest BCUT2D eigenvalue weighted by atomic mass is 35.5. The van der Waals surface area contributed by atoms with Gasteiger partial charge in [-0.05, 0) is 61.6 Å². The van der Waals surface area contributed by atoms with Crippen molar-refractivity contribution < 1.29 is 28.4 Å². The molecule has 0 radical (unpaired) electrons. The highest BCUT2D eigenvalue weighted by molar-refractivity contribution is 6.39. The van der Waals surface area contributed by atoms with Gasteiger partial charge in [-0.15, -0.1) is 0 Å². The van der Waals surface area contributed by atoms with E-state index in [4.69, 9.17) is 16.0 Å². The van der Waals surface area contributed by atoms with Crippen LogP contribution in [0.3, 0.4) is 0 Å². The van der Waals surface area contributed by atoms with Crippen LogP contribution in [0.25, 0.3) is 11.1 Å². The van der Waals surface area contributed by atoms with Crippen LogP contribution in [-0.4, -0.2) is 90.1 Å². The lowest BCUT2D eigenvalue weighted by Gasteiger charge is -2.43. The summed E-state index contributed by atoms with van der Waals surface area (Å²) >= 11 is 6.16. The molecule has 1 saturated heterocycles. The molecule has 2 aromatic carbocycles. The fourth-order valence-electron chi connectivity index (χ4n) is 5.85. The standard InChI is InChI=1S/C35H42ClN7O6/c1-22(2)30(41-35-40-25-9-7-8-11-28(25)49-35)34(48)42-19-20-43(24-15-13-23(36)14-16-24)27(21-42)32(46)39-26-10-5-3-4-6-12-29(44)37-17-18-38-33(47)31(26)45/h5,7-11,13-16,22,26-27,30H,3-4,6,12,17-21H2,1-2H3,(H,37,44)(H,38,47)(H,39,46)(H,40,41)/b10-5+/t26?,27-,30?/m1/s1. The van der Waals surface area contributed by atoms with E-state index in [0.29, 0.717) is 60.6 Å². The normalized spacial score (nSPS) is 21.0. The van der Waals surface area contributed by atoms with Gasteiger partial charge in [-0.2, -0.15) is 4.98 Å². The number of piperazine rings is 1. The summed E-state index contributed by atoms with van der Waals surface area (Å²) in [5.74, 6) is -2.73. The Bertz CT molecular complexity index is 1660. The second-order valence-electron chi connectivity index (χ2n) is 12.5. The first-order valence-electron chi connectivity index (χ1n) is 16.6. The highest BCUT2D eigenvalue weighted by Crippen LogP contribution is 2.26. The zero-order valence-corrected chi connectivity index (χ0v) is 28.4. The van der Waals surface area contributed by atoms with Gasteiger partial charge in [-0.1, -0.05) is 49.7 Å². The van der Waals surface area contributed by atoms with Crippen molar-refractivity contribution in [2.45, 2.75) is 57.7 Å². The summed E-state index contributed by atoms with van der Waals surface area (Å²) in [5.41, 5.74) is 1.97. The lowest BCUT2D eigenvalue weighted by Crippen LogP contribution is -2.63. The molecule has 0 aliphatic carbocycles.